The molecule has 7 nitrogen and oxygen atoms in total. The number of hydrogen-bond donors (Lipinski definition) is 0. The minimum atomic E-state index is -0.303. The van der Waals surface area contributed by atoms with Crippen LogP contribution in [0.15, 0.2) is 81.0 Å². The largest absolute Gasteiger partial charge is 0.492 e. The second kappa shape index (κ2) is 9.99. The van der Waals surface area contributed by atoms with Crippen molar-refractivity contribution in [1.29, 1.82) is 0 Å². The molecular formula is C30H29ClN4O3. The van der Waals surface area contributed by atoms with Crippen LogP contribution in [0.25, 0.3) is 33.5 Å². The Hall–Kier alpha value is -4.10. The SMILES string of the molecule is CN(C)c1ccc(C=Nn2c(-c3cc4cc(Cl)ccc4o3)nc3ccccc3c2=O)c(OCC(C)(C)C)c1. The lowest BCUT2D eigenvalue weighted by atomic mass is 9.98. The fraction of sp³-hybridized carbons (Fsp3) is 0.233. The van der Waals surface area contributed by atoms with Gasteiger partial charge in [-0.15, -0.1) is 0 Å². The van der Waals surface area contributed by atoms with Gasteiger partial charge < -0.3 is 14.1 Å². The van der Waals surface area contributed by atoms with Crippen molar-refractivity contribution >= 4 is 45.4 Å². The summed E-state index contributed by atoms with van der Waals surface area (Å²) >= 11 is 6.17. The summed E-state index contributed by atoms with van der Waals surface area (Å²) in [5.41, 5.74) is 2.60. The van der Waals surface area contributed by atoms with Gasteiger partial charge in [-0.1, -0.05) is 44.5 Å². The van der Waals surface area contributed by atoms with Gasteiger partial charge in [0.2, 0.25) is 5.82 Å². The van der Waals surface area contributed by atoms with Crippen LogP contribution in [-0.4, -0.2) is 36.6 Å². The quantitative estimate of drug-likeness (QED) is 0.226. The van der Waals surface area contributed by atoms with Crippen molar-refractivity contribution in [2.75, 3.05) is 25.6 Å². The second-order valence-corrected chi connectivity index (χ2v) is 11.0. The summed E-state index contributed by atoms with van der Waals surface area (Å²) in [7, 11) is 3.95. The molecule has 0 saturated heterocycles. The highest BCUT2D eigenvalue weighted by molar-refractivity contribution is 6.31. The molecule has 38 heavy (non-hydrogen) atoms. The molecule has 5 aromatic rings. The van der Waals surface area contributed by atoms with Gasteiger partial charge in [0.25, 0.3) is 5.56 Å². The average molecular weight is 529 g/mol. The Labute approximate surface area is 225 Å². The molecule has 8 heteroatoms. The van der Waals surface area contributed by atoms with E-state index in [1.165, 1.54) is 4.68 Å². The minimum absolute atomic E-state index is 0.0287. The van der Waals surface area contributed by atoms with Crippen LogP contribution >= 0.6 is 11.6 Å². The molecule has 0 unspecified atom stereocenters. The smallest absolute Gasteiger partial charge is 0.282 e. The van der Waals surface area contributed by atoms with E-state index in [0.717, 1.165) is 16.6 Å². The van der Waals surface area contributed by atoms with Gasteiger partial charge in [0, 0.05) is 41.8 Å². The van der Waals surface area contributed by atoms with E-state index in [0.29, 0.717) is 45.4 Å². The highest BCUT2D eigenvalue weighted by atomic mass is 35.5. The maximum atomic E-state index is 13.6. The first kappa shape index (κ1) is 25.5. The molecule has 0 fully saturated rings. The Balaban J connectivity index is 1.65. The van der Waals surface area contributed by atoms with E-state index in [4.69, 9.17) is 25.7 Å². The molecule has 194 valence electrons. The van der Waals surface area contributed by atoms with Crippen molar-refractivity contribution in [3.63, 3.8) is 0 Å². The predicted molar refractivity (Wildman–Crippen MR) is 155 cm³/mol. The molecule has 0 amide bonds. The first-order chi connectivity index (χ1) is 18.1. The summed E-state index contributed by atoms with van der Waals surface area (Å²) in [5, 5.41) is 6.47. The van der Waals surface area contributed by atoms with Gasteiger partial charge >= 0.3 is 0 Å². The molecule has 0 radical (unpaired) electrons. The van der Waals surface area contributed by atoms with Gasteiger partial charge in [0.05, 0.1) is 23.7 Å². The molecule has 0 aliphatic carbocycles. The molecule has 0 saturated carbocycles. The van der Waals surface area contributed by atoms with Gasteiger partial charge in [-0.25, -0.2) is 4.98 Å². The Morgan fingerprint density at radius 1 is 1.08 bits per heavy atom. The summed E-state index contributed by atoms with van der Waals surface area (Å²) in [5.74, 6) is 1.38. The van der Waals surface area contributed by atoms with Crippen LogP contribution in [0, 0.1) is 5.41 Å². The Bertz CT molecular complexity index is 1730. The van der Waals surface area contributed by atoms with Crippen LogP contribution in [0.3, 0.4) is 0 Å². The summed E-state index contributed by atoms with van der Waals surface area (Å²) in [6.45, 7) is 6.87. The topological polar surface area (TPSA) is 72.9 Å². The molecule has 0 bridgehead atoms. The van der Waals surface area contributed by atoms with Crippen LogP contribution in [0.2, 0.25) is 5.02 Å². The van der Waals surface area contributed by atoms with Gasteiger partial charge in [-0.05, 0) is 53.9 Å². The van der Waals surface area contributed by atoms with Crippen molar-refractivity contribution in [2.24, 2.45) is 10.5 Å². The zero-order chi connectivity index (χ0) is 27.0. The number of fused-ring (bicyclic) bond motifs is 2. The van der Waals surface area contributed by atoms with Crippen LogP contribution in [0.1, 0.15) is 26.3 Å². The normalized spacial score (nSPS) is 12.1. The molecule has 0 aliphatic rings. The third-order valence-corrected chi connectivity index (χ3v) is 6.17. The van der Waals surface area contributed by atoms with Gasteiger partial charge in [0.15, 0.2) is 5.76 Å². The summed E-state index contributed by atoms with van der Waals surface area (Å²) in [4.78, 5) is 20.4. The minimum Gasteiger partial charge on any atom is -0.492 e. The lowest BCUT2D eigenvalue weighted by molar-refractivity contribution is 0.198. The van der Waals surface area contributed by atoms with Gasteiger partial charge in [0.1, 0.15) is 11.3 Å². The molecule has 0 N–H and O–H groups in total. The lowest BCUT2D eigenvalue weighted by Crippen LogP contribution is -2.20. The molecule has 0 spiro atoms. The van der Waals surface area contributed by atoms with E-state index in [1.54, 1.807) is 36.5 Å². The molecule has 2 heterocycles. The van der Waals surface area contributed by atoms with Crippen molar-refractivity contribution in [3.8, 4) is 17.3 Å². The molecule has 2 aromatic heterocycles. The van der Waals surface area contributed by atoms with E-state index >= 15 is 0 Å². The number of para-hydroxylation sites is 1. The zero-order valence-corrected chi connectivity index (χ0v) is 22.8. The van der Waals surface area contributed by atoms with Crippen molar-refractivity contribution < 1.29 is 9.15 Å². The third kappa shape index (κ3) is 5.29. The number of nitrogens with zero attached hydrogens (tertiary/aromatic N) is 4. The first-order valence-electron chi connectivity index (χ1n) is 12.3. The number of ether oxygens (including phenoxy) is 1. The van der Waals surface area contributed by atoms with Gasteiger partial charge in [-0.3, -0.25) is 4.79 Å². The summed E-state index contributed by atoms with van der Waals surface area (Å²) in [6.07, 6.45) is 1.62. The van der Waals surface area contributed by atoms with E-state index < -0.39 is 0 Å². The van der Waals surface area contributed by atoms with Gasteiger partial charge in [-0.2, -0.15) is 9.78 Å². The summed E-state index contributed by atoms with van der Waals surface area (Å²) < 4.78 is 13.5. The second-order valence-electron chi connectivity index (χ2n) is 10.6. The van der Waals surface area contributed by atoms with Crippen LogP contribution in [-0.2, 0) is 0 Å². The number of anilines is 1. The van der Waals surface area contributed by atoms with Crippen LogP contribution < -0.4 is 15.2 Å². The highest BCUT2D eigenvalue weighted by Gasteiger charge is 2.18. The van der Waals surface area contributed by atoms with E-state index in [-0.39, 0.29) is 11.0 Å². The number of halogens is 1. The lowest BCUT2D eigenvalue weighted by Gasteiger charge is -2.21. The monoisotopic (exact) mass is 528 g/mol. The molecule has 3 aromatic carbocycles. The van der Waals surface area contributed by atoms with E-state index in [9.17, 15) is 4.79 Å². The van der Waals surface area contributed by atoms with E-state index in [1.807, 2.05) is 55.4 Å². The molecule has 0 atom stereocenters. The fourth-order valence-electron chi connectivity index (χ4n) is 3.96. The van der Waals surface area contributed by atoms with Crippen molar-refractivity contribution in [1.82, 2.24) is 9.66 Å². The predicted octanol–water partition coefficient (Wildman–Crippen LogP) is 6.84. The van der Waals surface area contributed by atoms with Crippen molar-refractivity contribution in [3.05, 3.63) is 87.7 Å². The standard InChI is InChI=1S/C30H29ClN4O3/c1-30(2,3)18-37-26-16-22(34(4)5)12-10-19(26)17-32-35-28(33-24-9-7-6-8-23(24)29(35)36)27-15-20-14-21(31)11-13-25(20)38-27/h6-17H,18H2,1-5H3. The number of furan rings is 1. The first-order valence-corrected chi connectivity index (χ1v) is 12.7. The van der Waals surface area contributed by atoms with Crippen LogP contribution in [0.5, 0.6) is 5.75 Å². The van der Waals surface area contributed by atoms with Crippen molar-refractivity contribution in [2.45, 2.75) is 20.8 Å². The number of hydrogen-bond acceptors (Lipinski definition) is 6. The number of rotatable bonds is 6. The maximum Gasteiger partial charge on any atom is 0.282 e. The number of aromatic nitrogens is 2. The molecule has 5 rings (SSSR count). The fourth-order valence-corrected chi connectivity index (χ4v) is 4.14. The molecule has 0 aliphatic heterocycles. The average Bonchev–Trinajstić information content (AvgIpc) is 3.29. The Morgan fingerprint density at radius 3 is 2.63 bits per heavy atom. The maximum absolute atomic E-state index is 13.6. The zero-order valence-electron chi connectivity index (χ0n) is 22.0. The van der Waals surface area contributed by atoms with Crippen LogP contribution in [0.4, 0.5) is 5.69 Å². The highest BCUT2D eigenvalue weighted by Crippen LogP contribution is 2.30. The number of benzene rings is 3. The third-order valence-electron chi connectivity index (χ3n) is 5.94. The molecular weight excluding hydrogens is 500 g/mol. The Morgan fingerprint density at radius 2 is 1.87 bits per heavy atom. The Kier molecular flexibility index (Phi) is 6.71. The van der Waals surface area contributed by atoms with E-state index in [2.05, 4.69) is 25.9 Å². The summed E-state index contributed by atoms with van der Waals surface area (Å²) in [6, 6.07) is 20.2.